The number of sulfonamides is 1. The summed E-state index contributed by atoms with van der Waals surface area (Å²) >= 11 is 5.89. The minimum atomic E-state index is -3.85. The zero-order chi connectivity index (χ0) is 28.1. The number of nitrogens with zero attached hydrogens (tertiary/aromatic N) is 2. The first-order valence-corrected chi connectivity index (χ1v) is 14.6. The van der Waals surface area contributed by atoms with Gasteiger partial charge in [-0.2, -0.15) is 9.41 Å². The number of hydrogen-bond acceptors (Lipinski definition) is 6. The van der Waals surface area contributed by atoms with Gasteiger partial charge in [-0.1, -0.05) is 54.1 Å². The van der Waals surface area contributed by atoms with Crippen molar-refractivity contribution in [1.29, 1.82) is 0 Å². The summed E-state index contributed by atoms with van der Waals surface area (Å²) in [6.45, 7) is 0.627. The van der Waals surface area contributed by atoms with E-state index in [1.165, 1.54) is 34.8 Å². The number of nitrogens with one attached hydrogen (secondary N) is 1. The minimum absolute atomic E-state index is 0.0926. The van der Waals surface area contributed by atoms with Gasteiger partial charge in [0.15, 0.2) is 11.5 Å². The van der Waals surface area contributed by atoms with Crippen LogP contribution in [0, 0.1) is 0 Å². The predicted molar refractivity (Wildman–Crippen MR) is 155 cm³/mol. The van der Waals surface area contributed by atoms with Crippen LogP contribution in [0.25, 0.3) is 10.8 Å². The van der Waals surface area contributed by atoms with Crippen LogP contribution in [0.1, 0.15) is 24.0 Å². The summed E-state index contributed by atoms with van der Waals surface area (Å²) < 4.78 is 39.0. The van der Waals surface area contributed by atoms with Crippen LogP contribution in [0.5, 0.6) is 11.5 Å². The minimum Gasteiger partial charge on any atom is -0.493 e. The number of carbonyl (C=O) groups is 1. The molecular formula is C30H28ClN3O5S. The van der Waals surface area contributed by atoms with E-state index in [2.05, 4.69) is 28.7 Å². The van der Waals surface area contributed by atoms with Crippen LogP contribution in [-0.2, 0) is 21.4 Å². The molecule has 8 nitrogen and oxygen atoms in total. The molecule has 0 saturated carbocycles. The van der Waals surface area contributed by atoms with E-state index < -0.39 is 22.0 Å². The molecule has 1 heterocycles. The van der Waals surface area contributed by atoms with E-state index in [0.717, 1.165) is 16.3 Å². The second kappa shape index (κ2) is 12.1. The highest BCUT2D eigenvalue weighted by Crippen LogP contribution is 2.30. The molecule has 1 aliphatic rings. The number of benzene rings is 4. The summed E-state index contributed by atoms with van der Waals surface area (Å²) in [5.41, 5.74) is 4.22. The molecule has 0 aliphatic carbocycles. The topological polar surface area (TPSA) is 97.3 Å². The quantitative estimate of drug-likeness (QED) is 0.213. The van der Waals surface area contributed by atoms with Crippen molar-refractivity contribution >= 4 is 44.5 Å². The molecule has 0 bridgehead atoms. The van der Waals surface area contributed by atoms with E-state index in [1.54, 1.807) is 25.3 Å². The first-order valence-electron chi connectivity index (χ1n) is 12.7. The standard InChI is InChI=1S/C30H28ClN3O5S/c1-38-29-18-21(11-16-28(29)39-20-23-8-4-7-22-6-2-3-9-26(22)23)19-32-33-30(35)27-10-5-17-34(27)40(36,37)25-14-12-24(31)13-15-25/h2-4,6-9,11-16,18-19,27H,5,10,17,20H2,1H3,(H,33,35)/b32-19-/t27-/m1/s1. The predicted octanol–water partition coefficient (Wildman–Crippen LogP) is 5.38. The normalized spacial score (nSPS) is 15.9. The molecule has 0 unspecified atom stereocenters. The van der Waals surface area contributed by atoms with Gasteiger partial charge in [-0.25, -0.2) is 13.8 Å². The fourth-order valence-electron chi connectivity index (χ4n) is 4.73. The van der Waals surface area contributed by atoms with Gasteiger partial charge in [0, 0.05) is 11.6 Å². The molecule has 0 aromatic heterocycles. The van der Waals surface area contributed by atoms with Gasteiger partial charge < -0.3 is 9.47 Å². The molecule has 4 aromatic rings. The maximum atomic E-state index is 13.1. The molecule has 1 aliphatic heterocycles. The van der Waals surface area contributed by atoms with E-state index in [1.807, 2.05) is 24.3 Å². The van der Waals surface area contributed by atoms with Gasteiger partial charge >= 0.3 is 0 Å². The Kier molecular flexibility index (Phi) is 8.35. The van der Waals surface area contributed by atoms with Crippen molar-refractivity contribution in [2.75, 3.05) is 13.7 Å². The van der Waals surface area contributed by atoms with Crippen molar-refractivity contribution < 1.29 is 22.7 Å². The number of amides is 1. The van der Waals surface area contributed by atoms with E-state index in [4.69, 9.17) is 21.1 Å². The number of methoxy groups -OCH3 is 1. The molecule has 0 spiro atoms. The van der Waals surface area contributed by atoms with Gasteiger partial charge in [-0.3, -0.25) is 4.79 Å². The van der Waals surface area contributed by atoms with Gasteiger partial charge in [0.05, 0.1) is 18.2 Å². The van der Waals surface area contributed by atoms with Crippen molar-refractivity contribution in [3.63, 3.8) is 0 Å². The first-order chi connectivity index (χ1) is 19.4. The maximum Gasteiger partial charge on any atom is 0.258 e. The van der Waals surface area contributed by atoms with Crippen LogP contribution in [0.15, 0.2) is 94.9 Å². The third-order valence-electron chi connectivity index (χ3n) is 6.77. The smallest absolute Gasteiger partial charge is 0.258 e. The molecule has 1 fully saturated rings. The number of rotatable bonds is 9. The fourth-order valence-corrected chi connectivity index (χ4v) is 6.52. The summed E-state index contributed by atoms with van der Waals surface area (Å²) in [5, 5.41) is 6.77. The van der Waals surface area contributed by atoms with Crippen LogP contribution >= 0.6 is 11.6 Å². The van der Waals surface area contributed by atoms with E-state index >= 15 is 0 Å². The zero-order valence-electron chi connectivity index (χ0n) is 21.8. The summed E-state index contributed by atoms with van der Waals surface area (Å²) in [6.07, 6.45) is 2.46. The summed E-state index contributed by atoms with van der Waals surface area (Å²) in [6, 6.07) is 24.6. The zero-order valence-corrected chi connectivity index (χ0v) is 23.4. The van der Waals surface area contributed by atoms with Gasteiger partial charge in [-0.15, -0.1) is 0 Å². The Morgan fingerprint density at radius 1 is 1.05 bits per heavy atom. The number of ether oxygens (including phenoxy) is 2. The monoisotopic (exact) mass is 577 g/mol. The Morgan fingerprint density at radius 2 is 1.82 bits per heavy atom. The highest BCUT2D eigenvalue weighted by Gasteiger charge is 2.39. The van der Waals surface area contributed by atoms with Gasteiger partial charge in [-0.05, 0) is 77.2 Å². The lowest BCUT2D eigenvalue weighted by molar-refractivity contribution is -0.124. The molecular weight excluding hydrogens is 550 g/mol. The molecule has 10 heteroatoms. The van der Waals surface area contributed by atoms with Crippen LogP contribution in [0.4, 0.5) is 0 Å². The molecule has 40 heavy (non-hydrogen) atoms. The van der Waals surface area contributed by atoms with E-state index in [0.29, 0.717) is 41.5 Å². The van der Waals surface area contributed by atoms with Gasteiger partial charge in [0.1, 0.15) is 12.6 Å². The Morgan fingerprint density at radius 3 is 2.62 bits per heavy atom. The maximum absolute atomic E-state index is 13.1. The first kappa shape index (κ1) is 27.6. The number of hydrogen-bond donors (Lipinski definition) is 1. The van der Waals surface area contributed by atoms with Crippen molar-refractivity contribution in [2.24, 2.45) is 5.10 Å². The Bertz CT molecular complexity index is 1650. The lowest BCUT2D eigenvalue weighted by Crippen LogP contribution is -2.44. The molecule has 4 aromatic carbocycles. The lowest BCUT2D eigenvalue weighted by Gasteiger charge is -2.22. The van der Waals surface area contributed by atoms with Crippen molar-refractivity contribution in [2.45, 2.75) is 30.4 Å². The second-order valence-electron chi connectivity index (χ2n) is 9.30. The van der Waals surface area contributed by atoms with Crippen molar-refractivity contribution in [1.82, 2.24) is 9.73 Å². The SMILES string of the molecule is COc1cc(/C=N\NC(=O)[C@H]2CCCN2S(=O)(=O)c2ccc(Cl)cc2)ccc1OCc1cccc2ccccc12. The van der Waals surface area contributed by atoms with E-state index in [-0.39, 0.29) is 11.4 Å². The Hall–Kier alpha value is -3.92. The number of fused-ring (bicyclic) bond motifs is 1. The highest BCUT2D eigenvalue weighted by atomic mass is 35.5. The number of carbonyl (C=O) groups excluding carboxylic acids is 1. The average Bonchev–Trinajstić information content (AvgIpc) is 3.48. The molecule has 1 saturated heterocycles. The summed E-state index contributed by atoms with van der Waals surface area (Å²) in [5.74, 6) is 0.602. The summed E-state index contributed by atoms with van der Waals surface area (Å²) in [4.78, 5) is 13.0. The summed E-state index contributed by atoms with van der Waals surface area (Å²) in [7, 11) is -2.29. The third kappa shape index (κ3) is 5.96. The molecule has 206 valence electrons. The fraction of sp³-hybridized carbons (Fsp3) is 0.200. The largest absolute Gasteiger partial charge is 0.493 e. The molecule has 0 radical (unpaired) electrons. The van der Waals surface area contributed by atoms with E-state index in [9.17, 15) is 13.2 Å². The van der Waals surface area contributed by atoms with Crippen LogP contribution < -0.4 is 14.9 Å². The van der Waals surface area contributed by atoms with Gasteiger partial charge in [0.2, 0.25) is 10.0 Å². The molecule has 1 atom stereocenters. The average molecular weight is 578 g/mol. The Labute approximate surface area is 238 Å². The van der Waals surface area contributed by atoms with Crippen molar-refractivity contribution in [3.8, 4) is 11.5 Å². The number of halogens is 1. The Balaban J connectivity index is 1.23. The molecule has 1 N–H and O–H groups in total. The van der Waals surface area contributed by atoms with Crippen molar-refractivity contribution in [3.05, 3.63) is 101 Å². The third-order valence-corrected chi connectivity index (χ3v) is 8.94. The number of hydrazone groups is 1. The highest BCUT2D eigenvalue weighted by molar-refractivity contribution is 7.89. The second-order valence-corrected chi connectivity index (χ2v) is 11.6. The van der Waals surface area contributed by atoms with Crippen LogP contribution in [0.3, 0.4) is 0 Å². The molecule has 5 rings (SSSR count). The van der Waals surface area contributed by atoms with Gasteiger partial charge in [0.25, 0.3) is 5.91 Å². The lowest BCUT2D eigenvalue weighted by atomic mass is 10.1. The van der Waals surface area contributed by atoms with Crippen LogP contribution in [-0.4, -0.2) is 44.5 Å². The molecule has 1 amide bonds. The van der Waals surface area contributed by atoms with Crippen LogP contribution in [0.2, 0.25) is 5.02 Å².